The molecular weight excluding hydrogens is 580 g/mol. The molecule has 1 aromatic heterocycles. The zero-order chi connectivity index (χ0) is 32.5. The molecule has 236 valence electrons. The average molecular weight is 617 g/mol. The van der Waals surface area contributed by atoms with Crippen LogP contribution in [-0.2, 0) is 27.6 Å². The van der Waals surface area contributed by atoms with Gasteiger partial charge in [-0.15, -0.1) is 10.2 Å². The number of hydrogen-bond donors (Lipinski definition) is 3. The number of unbranched alkanes of at least 4 members (excludes halogenated alkanes) is 1. The van der Waals surface area contributed by atoms with E-state index < -0.39 is 23.3 Å². The predicted octanol–water partition coefficient (Wildman–Crippen LogP) is 4.84. The molecule has 0 aliphatic heterocycles. The first-order valence-corrected chi connectivity index (χ1v) is 14.5. The van der Waals surface area contributed by atoms with Gasteiger partial charge in [-0.05, 0) is 51.9 Å². The van der Waals surface area contributed by atoms with E-state index in [1.165, 1.54) is 11.0 Å². The van der Waals surface area contributed by atoms with Gasteiger partial charge in [0.25, 0.3) is 5.91 Å². The molecule has 1 amide bonds. The number of aromatic nitrogens is 4. The summed E-state index contributed by atoms with van der Waals surface area (Å²) in [5, 5.41) is 39.4. The predicted molar refractivity (Wildman–Crippen MR) is 161 cm³/mol. The van der Waals surface area contributed by atoms with Gasteiger partial charge in [-0.1, -0.05) is 92.7 Å². The summed E-state index contributed by atoms with van der Waals surface area (Å²) in [6, 6.07) is 20.3. The number of carbonyl (C=O) groups excluding carboxylic acids is 2. The van der Waals surface area contributed by atoms with Gasteiger partial charge in [0, 0.05) is 24.1 Å². The van der Waals surface area contributed by atoms with Crippen LogP contribution in [0.4, 0.5) is 0 Å². The van der Waals surface area contributed by atoms with Gasteiger partial charge < -0.3 is 10.0 Å². The third-order valence-corrected chi connectivity index (χ3v) is 7.19. The van der Waals surface area contributed by atoms with Gasteiger partial charge in [0.2, 0.25) is 11.7 Å². The SMILES string of the molecule is CCCCC(=O)N(Cc1ccc(-c2ccccc2-c2nnn(C(=O)c3cccc(CON(O)O)c3)n2)cc1)[C@H](C(=O)O)C(C)C. The van der Waals surface area contributed by atoms with Crippen LogP contribution in [0.1, 0.15) is 61.5 Å². The molecule has 4 aromatic rings. The fourth-order valence-corrected chi connectivity index (χ4v) is 4.96. The van der Waals surface area contributed by atoms with Crippen LogP contribution in [0.5, 0.6) is 0 Å². The molecule has 0 spiro atoms. The Bertz CT molecular complexity index is 1620. The first kappa shape index (κ1) is 33.1. The Hall–Kier alpha value is -4.82. The third kappa shape index (κ3) is 8.42. The summed E-state index contributed by atoms with van der Waals surface area (Å²) in [6.45, 7) is 5.57. The maximum absolute atomic E-state index is 13.1. The average Bonchev–Trinajstić information content (AvgIpc) is 3.52. The van der Waals surface area contributed by atoms with E-state index in [9.17, 15) is 19.5 Å². The lowest BCUT2D eigenvalue weighted by atomic mass is 9.97. The standard InChI is InChI=1S/C32H36N6O7/c1-4-5-13-28(39)36(29(21(2)3)32(41)42)19-22-14-16-24(17-15-22)26-11-6-7-12-27(26)30-33-35-37(34-30)31(40)25-10-8-9-23(18-25)20-45-38(43)44/h6-12,14-18,21,29,43-44H,4-5,13,19-20H2,1-3H3,(H,41,42)/t29-/m0/s1. The monoisotopic (exact) mass is 616 g/mol. The van der Waals surface area contributed by atoms with Crippen molar-refractivity contribution in [3.63, 3.8) is 0 Å². The van der Waals surface area contributed by atoms with Crippen molar-refractivity contribution >= 4 is 17.8 Å². The summed E-state index contributed by atoms with van der Waals surface area (Å²) in [5.41, 5.74) is 3.80. The van der Waals surface area contributed by atoms with Gasteiger partial charge in [0.15, 0.2) is 0 Å². The first-order valence-electron chi connectivity index (χ1n) is 14.5. The molecule has 0 fully saturated rings. The number of aliphatic carboxylic acids is 1. The van der Waals surface area contributed by atoms with E-state index in [4.69, 9.17) is 10.4 Å². The number of carboxylic acids is 1. The van der Waals surface area contributed by atoms with Gasteiger partial charge in [0.1, 0.15) is 6.04 Å². The molecule has 0 aliphatic carbocycles. The third-order valence-electron chi connectivity index (χ3n) is 7.19. The van der Waals surface area contributed by atoms with Crippen molar-refractivity contribution < 1.29 is 34.7 Å². The number of amides is 1. The van der Waals surface area contributed by atoms with Crippen molar-refractivity contribution in [2.24, 2.45) is 5.92 Å². The lowest BCUT2D eigenvalue weighted by Gasteiger charge is -2.32. The number of benzene rings is 3. The highest BCUT2D eigenvalue weighted by Gasteiger charge is 2.32. The minimum Gasteiger partial charge on any atom is -0.480 e. The maximum atomic E-state index is 13.1. The highest BCUT2D eigenvalue weighted by molar-refractivity contribution is 5.95. The maximum Gasteiger partial charge on any atom is 0.326 e. The lowest BCUT2D eigenvalue weighted by Crippen LogP contribution is -2.47. The molecule has 0 saturated carbocycles. The summed E-state index contributed by atoms with van der Waals surface area (Å²) < 4.78 is 0. The second-order valence-corrected chi connectivity index (χ2v) is 10.8. The number of rotatable bonds is 14. The van der Waals surface area contributed by atoms with Gasteiger partial charge in [-0.2, -0.15) is 0 Å². The van der Waals surface area contributed by atoms with Crippen LogP contribution in [0.15, 0.2) is 72.8 Å². The minimum absolute atomic E-state index is 0.170. The topological polar surface area (TPSA) is 171 Å². The second-order valence-electron chi connectivity index (χ2n) is 10.8. The summed E-state index contributed by atoms with van der Waals surface area (Å²) in [5.74, 6) is -1.78. The van der Waals surface area contributed by atoms with Gasteiger partial charge in [0.05, 0.1) is 12.0 Å². The Kier molecular flexibility index (Phi) is 11.2. The molecular formula is C32H36N6O7. The van der Waals surface area contributed by atoms with Crippen molar-refractivity contribution in [3.8, 4) is 22.5 Å². The second kappa shape index (κ2) is 15.3. The Morgan fingerprint density at radius 3 is 2.29 bits per heavy atom. The Morgan fingerprint density at radius 2 is 1.64 bits per heavy atom. The molecule has 4 rings (SSSR count). The van der Waals surface area contributed by atoms with Gasteiger partial charge in [-0.3, -0.25) is 20.0 Å². The zero-order valence-electron chi connectivity index (χ0n) is 25.3. The largest absolute Gasteiger partial charge is 0.480 e. The summed E-state index contributed by atoms with van der Waals surface area (Å²) in [6.07, 6.45) is 1.82. The van der Waals surface area contributed by atoms with Crippen LogP contribution < -0.4 is 0 Å². The Morgan fingerprint density at radius 1 is 0.933 bits per heavy atom. The molecule has 1 atom stereocenters. The normalized spacial score (nSPS) is 12.0. The molecule has 0 aliphatic rings. The molecule has 0 saturated heterocycles. The molecule has 45 heavy (non-hydrogen) atoms. The minimum atomic E-state index is -1.03. The molecule has 3 N–H and O–H groups in total. The van der Waals surface area contributed by atoms with Crippen molar-refractivity contribution in [2.75, 3.05) is 0 Å². The van der Waals surface area contributed by atoms with E-state index in [0.717, 1.165) is 27.9 Å². The molecule has 1 heterocycles. The van der Waals surface area contributed by atoms with Crippen LogP contribution in [0.2, 0.25) is 0 Å². The van der Waals surface area contributed by atoms with Crippen molar-refractivity contribution in [1.29, 1.82) is 0 Å². The van der Waals surface area contributed by atoms with Crippen LogP contribution in [0, 0.1) is 5.92 Å². The summed E-state index contributed by atoms with van der Waals surface area (Å²) in [7, 11) is 0. The fraction of sp³-hybridized carbons (Fsp3) is 0.312. The number of hydrogen-bond acceptors (Lipinski definition) is 10. The van der Waals surface area contributed by atoms with Crippen LogP contribution >= 0.6 is 0 Å². The molecule has 0 radical (unpaired) electrons. The van der Waals surface area contributed by atoms with Crippen LogP contribution in [-0.4, -0.2) is 69.8 Å². The van der Waals surface area contributed by atoms with E-state index >= 15 is 0 Å². The summed E-state index contributed by atoms with van der Waals surface area (Å²) in [4.78, 5) is 45.2. The van der Waals surface area contributed by atoms with E-state index in [2.05, 4.69) is 20.2 Å². The highest BCUT2D eigenvalue weighted by atomic mass is 17.1. The van der Waals surface area contributed by atoms with Crippen molar-refractivity contribution in [1.82, 2.24) is 30.5 Å². The Labute approximate surface area is 260 Å². The Balaban J connectivity index is 1.56. The number of tetrazole rings is 1. The van der Waals surface area contributed by atoms with Crippen molar-refractivity contribution in [3.05, 3.63) is 89.5 Å². The molecule has 13 nitrogen and oxygen atoms in total. The number of nitrogens with zero attached hydrogens (tertiary/aromatic N) is 6. The van der Waals surface area contributed by atoms with E-state index in [1.807, 2.05) is 55.5 Å². The quantitative estimate of drug-likeness (QED) is 0.166. The van der Waals surface area contributed by atoms with E-state index in [0.29, 0.717) is 24.0 Å². The summed E-state index contributed by atoms with van der Waals surface area (Å²) >= 11 is 0. The molecule has 3 aromatic carbocycles. The zero-order valence-corrected chi connectivity index (χ0v) is 25.3. The number of carboxylic acid groups (broad SMARTS) is 1. The van der Waals surface area contributed by atoms with Crippen LogP contribution in [0.3, 0.4) is 0 Å². The van der Waals surface area contributed by atoms with Gasteiger partial charge in [-0.25, -0.2) is 9.63 Å². The first-order chi connectivity index (χ1) is 21.6. The van der Waals surface area contributed by atoms with Crippen LogP contribution in [0.25, 0.3) is 22.5 Å². The number of carbonyl (C=O) groups is 3. The highest BCUT2D eigenvalue weighted by Crippen LogP contribution is 2.30. The van der Waals surface area contributed by atoms with E-state index in [1.54, 1.807) is 32.0 Å². The van der Waals surface area contributed by atoms with Gasteiger partial charge >= 0.3 is 5.97 Å². The molecule has 0 unspecified atom stereocenters. The van der Waals surface area contributed by atoms with Crippen molar-refractivity contribution in [2.45, 2.75) is 59.2 Å². The molecule has 13 heteroatoms. The lowest BCUT2D eigenvalue weighted by molar-refractivity contribution is -0.497. The van der Waals surface area contributed by atoms with E-state index in [-0.39, 0.29) is 36.4 Å². The molecule has 0 bridgehead atoms. The smallest absolute Gasteiger partial charge is 0.326 e. The fourth-order valence-electron chi connectivity index (χ4n) is 4.96.